The molecule has 0 aliphatic carbocycles. The van der Waals surface area contributed by atoms with Gasteiger partial charge in [0.2, 0.25) is 5.91 Å². The van der Waals surface area contributed by atoms with Gasteiger partial charge < -0.3 is 5.32 Å². The highest BCUT2D eigenvalue weighted by Crippen LogP contribution is 2.21. The quantitative estimate of drug-likeness (QED) is 0.677. The van der Waals surface area contributed by atoms with Gasteiger partial charge >= 0.3 is 0 Å². The minimum Gasteiger partial charge on any atom is -0.349 e. The topological polar surface area (TPSA) is 64.0 Å². The first-order chi connectivity index (χ1) is 13.5. The van der Waals surface area contributed by atoms with Crippen molar-refractivity contribution in [3.63, 3.8) is 0 Å². The van der Waals surface area contributed by atoms with E-state index in [1.807, 2.05) is 49.4 Å². The lowest BCUT2D eigenvalue weighted by atomic mass is 9.97. The smallest absolute Gasteiger partial charge is 0.261 e. The summed E-state index contributed by atoms with van der Waals surface area (Å²) in [4.78, 5) is 29.6. The van der Waals surface area contributed by atoms with Crippen LogP contribution < -0.4 is 10.9 Å². The number of aryl methyl sites for hydroxylation is 2. The third-order valence-corrected chi connectivity index (χ3v) is 4.88. The molecular weight excluding hydrogens is 350 g/mol. The molecular formula is C23H27N3O2. The Morgan fingerprint density at radius 3 is 2.57 bits per heavy atom. The summed E-state index contributed by atoms with van der Waals surface area (Å²) in [5, 5.41) is 3.71. The van der Waals surface area contributed by atoms with Gasteiger partial charge in [0.15, 0.2) is 0 Å². The zero-order valence-electron chi connectivity index (χ0n) is 16.7. The van der Waals surface area contributed by atoms with Crippen molar-refractivity contribution >= 4 is 16.8 Å². The Balaban J connectivity index is 1.70. The molecule has 0 radical (unpaired) electrons. The molecule has 0 aliphatic heterocycles. The molecule has 1 amide bonds. The molecule has 0 aliphatic rings. The molecule has 28 heavy (non-hydrogen) atoms. The fraction of sp³-hybridized carbons (Fsp3) is 0.348. The van der Waals surface area contributed by atoms with Crippen molar-refractivity contribution in [2.45, 2.75) is 46.2 Å². The first kappa shape index (κ1) is 19.8. The number of aromatic nitrogens is 2. The molecule has 5 heteroatoms. The van der Waals surface area contributed by atoms with E-state index in [4.69, 9.17) is 0 Å². The largest absolute Gasteiger partial charge is 0.349 e. The number of fused-ring (bicyclic) bond motifs is 1. The molecule has 0 bridgehead atoms. The zero-order chi connectivity index (χ0) is 20.1. The molecule has 1 aromatic heterocycles. The van der Waals surface area contributed by atoms with Crippen LogP contribution >= 0.6 is 0 Å². The van der Waals surface area contributed by atoms with Gasteiger partial charge in [-0.15, -0.1) is 0 Å². The standard InChI is InChI=1S/C23H27N3O2/c1-16(2)14-20(18-9-5-4-6-10-18)25-21(27)12-13-26-15-24-22-17(3)8-7-11-19(22)23(26)28/h4-11,15-16,20H,12-14H2,1-3H3,(H,25,27). The average Bonchev–Trinajstić information content (AvgIpc) is 2.68. The second-order valence-corrected chi connectivity index (χ2v) is 7.62. The summed E-state index contributed by atoms with van der Waals surface area (Å²) in [5.74, 6) is 0.395. The summed E-state index contributed by atoms with van der Waals surface area (Å²) in [7, 11) is 0. The van der Waals surface area contributed by atoms with Gasteiger partial charge in [0, 0.05) is 13.0 Å². The number of benzene rings is 2. The van der Waals surface area contributed by atoms with Crippen molar-refractivity contribution in [2.24, 2.45) is 5.92 Å². The third-order valence-electron chi connectivity index (χ3n) is 4.88. The number of rotatable bonds is 7. The Bertz CT molecular complexity index is 1010. The van der Waals surface area contributed by atoms with Crippen molar-refractivity contribution in [1.82, 2.24) is 14.9 Å². The number of carbonyl (C=O) groups excluding carboxylic acids is 1. The van der Waals surface area contributed by atoms with E-state index in [9.17, 15) is 9.59 Å². The van der Waals surface area contributed by atoms with Crippen LogP contribution in [-0.2, 0) is 11.3 Å². The summed E-state index contributed by atoms with van der Waals surface area (Å²) in [6, 6.07) is 15.6. The van der Waals surface area contributed by atoms with E-state index in [1.54, 1.807) is 6.07 Å². The summed E-state index contributed by atoms with van der Waals surface area (Å²) in [5.41, 5.74) is 2.68. The SMILES string of the molecule is Cc1cccc2c(=O)n(CCC(=O)NC(CC(C)C)c3ccccc3)cnc12. The van der Waals surface area contributed by atoms with Gasteiger partial charge in [-0.25, -0.2) is 4.98 Å². The van der Waals surface area contributed by atoms with Crippen molar-refractivity contribution in [1.29, 1.82) is 0 Å². The van der Waals surface area contributed by atoms with Crippen LogP contribution in [0.15, 0.2) is 59.7 Å². The fourth-order valence-corrected chi connectivity index (χ4v) is 3.42. The van der Waals surface area contributed by atoms with Crippen LogP contribution in [0, 0.1) is 12.8 Å². The minimum atomic E-state index is -0.108. The lowest BCUT2D eigenvalue weighted by Crippen LogP contribution is -2.31. The van der Waals surface area contributed by atoms with Crippen LogP contribution in [0.1, 0.15) is 43.9 Å². The number of para-hydroxylation sites is 1. The molecule has 1 N–H and O–H groups in total. The maximum Gasteiger partial charge on any atom is 0.261 e. The molecule has 3 rings (SSSR count). The van der Waals surface area contributed by atoms with Crippen LogP contribution in [0.3, 0.4) is 0 Å². The van der Waals surface area contributed by atoms with Crippen LogP contribution in [0.4, 0.5) is 0 Å². The lowest BCUT2D eigenvalue weighted by molar-refractivity contribution is -0.122. The maximum atomic E-state index is 12.7. The fourth-order valence-electron chi connectivity index (χ4n) is 3.42. The molecule has 0 fully saturated rings. The highest BCUT2D eigenvalue weighted by atomic mass is 16.2. The number of amides is 1. The highest BCUT2D eigenvalue weighted by molar-refractivity contribution is 5.80. The number of carbonyl (C=O) groups is 1. The van der Waals surface area contributed by atoms with Gasteiger partial charge in [-0.1, -0.05) is 56.3 Å². The summed E-state index contributed by atoms with van der Waals surface area (Å²) < 4.78 is 1.52. The number of hydrogen-bond donors (Lipinski definition) is 1. The molecule has 0 saturated heterocycles. The first-order valence-electron chi connectivity index (χ1n) is 9.74. The summed E-state index contributed by atoms with van der Waals surface area (Å²) in [6.07, 6.45) is 2.64. The van der Waals surface area contributed by atoms with E-state index in [0.717, 1.165) is 17.5 Å². The number of nitrogens with one attached hydrogen (secondary N) is 1. The highest BCUT2D eigenvalue weighted by Gasteiger charge is 2.16. The van der Waals surface area contributed by atoms with E-state index in [2.05, 4.69) is 24.1 Å². The predicted molar refractivity (Wildman–Crippen MR) is 112 cm³/mol. The van der Waals surface area contributed by atoms with Crippen molar-refractivity contribution < 1.29 is 4.79 Å². The molecule has 0 saturated carbocycles. The van der Waals surface area contributed by atoms with Gasteiger partial charge in [-0.05, 0) is 36.5 Å². The first-order valence-corrected chi connectivity index (χ1v) is 9.74. The number of hydrogen-bond acceptors (Lipinski definition) is 3. The van der Waals surface area contributed by atoms with E-state index in [0.29, 0.717) is 23.4 Å². The van der Waals surface area contributed by atoms with Gasteiger partial charge in [-0.3, -0.25) is 14.2 Å². The second kappa shape index (κ2) is 8.83. The van der Waals surface area contributed by atoms with Gasteiger partial charge in [0.1, 0.15) is 0 Å². The average molecular weight is 377 g/mol. The Hall–Kier alpha value is -2.95. The zero-order valence-corrected chi connectivity index (χ0v) is 16.7. The summed E-state index contributed by atoms with van der Waals surface area (Å²) in [6.45, 7) is 6.53. The molecule has 146 valence electrons. The number of nitrogens with zero attached hydrogens (tertiary/aromatic N) is 2. The summed E-state index contributed by atoms with van der Waals surface area (Å²) >= 11 is 0. The van der Waals surface area contributed by atoms with Crippen LogP contribution in [0.25, 0.3) is 10.9 Å². The normalized spacial score (nSPS) is 12.3. The molecule has 3 aromatic rings. The minimum absolute atomic E-state index is 0.0252. The van der Waals surface area contributed by atoms with Crippen LogP contribution in [0.2, 0.25) is 0 Å². The van der Waals surface area contributed by atoms with E-state index in [1.165, 1.54) is 10.9 Å². The Labute approximate surface area is 165 Å². The molecule has 5 nitrogen and oxygen atoms in total. The predicted octanol–water partition coefficient (Wildman–Crippen LogP) is 4.00. The molecule has 1 atom stereocenters. The Morgan fingerprint density at radius 1 is 1.11 bits per heavy atom. The van der Waals surface area contributed by atoms with Crippen molar-refractivity contribution in [2.75, 3.05) is 0 Å². The maximum absolute atomic E-state index is 12.7. The second-order valence-electron chi connectivity index (χ2n) is 7.62. The van der Waals surface area contributed by atoms with Crippen molar-refractivity contribution in [3.8, 4) is 0 Å². The Kier molecular flexibility index (Phi) is 6.24. The van der Waals surface area contributed by atoms with Crippen molar-refractivity contribution in [3.05, 3.63) is 76.3 Å². The van der Waals surface area contributed by atoms with E-state index >= 15 is 0 Å². The van der Waals surface area contributed by atoms with Gasteiger partial charge in [-0.2, -0.15) is 0 Å². The van der Waals surface area contributed by atoms with Crippen LogP contribution in [0.5, 0.6) is 0 Å². The van der Waals surface area contributed by atoms with Crippen LogP contribution in [-0.4, -0.2) is 15.5 Å². The lowest BCUT2D eigenvalue weighted by Gasteiger charge is -2.21. The Morgan fingerprint density at radius 2 is 1.86 bits per heavy atom. The monoisotopic (exact) mass is 377 g/mol. The van der Waals surface area contributed by atoms with E-state index in [-0.39, 0.29) is 23.9 Å². The molecule has 1 heterocycles. The molecule has 2 aromatic carbocycles. The van der Waals surface area contributed by atoms with Gasteiger partial charge in [0.05, 0.1) is 23.3 Å². The third kappa shape index (κ3) is 4.66. The molecule has 0 spiro atoms. The van der Waals surface area contributed by atoms with E-state index < -0.39 is 0 Å². The molecule has 1 unspecified atom stereocenters. The van der Waals surface area contributed by atoms with Gasteiger partial charge in [0.25, 0.3) is 5.56 Å².